The Hall–Kier alpha value is -1.62. The summed E-state index contributed by atoms with van der Waals surface area (Å²) >= 11 is 5.28. The van der Waals surface area contributed by atoms with Crippen molar-refractivity contribution in [2.45, 2.75) is 27.3 Å². The molecule has 0 spiro atoms. The van der Waals surface area contributed by atoms with Crippen LogP contribution in [0.25, 0.3) is 11.4 Å². The van der Waals surface area contributed by atoms with Gasteiger partial charge >= 0.3 is 0 Å². The van der Waals surface area contributed by atoms with Crippen molar-refractivity contribution in [1.29, 1.82) is 0 Å². The zero-order valence-corrected chi connectivity index (χ0v) is 12.3. The largest absolute Gasteiger partial charge is 0.494 e. The number of rotatable bonds is 5. The standard InChI is InChI=1S/C14H19N3OS/c1-4-18-12-7-5-11(6-8-12)13-15-16-14(19)17(13)9-10(2)3/h5-8,10H,4,9H2,1-3H3,(H,16,19). The second kappa shape index (κ2) is 6.02. The Bertz CT molecular complexity index is 583. The molecule has 0 aliphatic carbocycles. The zero-order valence-electron chi connectivity index (χ0n) is 11.5. The lowest BCUT2D eigenvalue weighted by molar-refractivity contribution is 0.340. The summed E-state index contributed by atoms with van der Waals surface area (Å²) in [7, 11) is 0. The number of hydrogen-bond acceptors (Lipinski definition) is 3. The molecule has 0 amide bonds. The van der Waals surface area contributed by atoms with Gasteiger partial charge in [-0.05, 0) is 49.3 Å². The van der Waals surface area contributed by atoms with E-state index in [1.807, 2.05) is 35.8 Å². The minimum absolute atomic E-state index is 0.519. The van der Waals surface area contributed by atoms with Crippen molar-refractivity contribution >= 4 is 12.2 Å². The van der Waals surface area contributed by atoms with Crippen LogP contribution in [0, 0.1) is 10.7 Å². The molecule has 0 bridgehead atoms. The average molecular weight is 277 g/mol. The molecule has 5 heteroatoms. The van der Waals surface area contributed by atoms with Gasteiger partial charge in [0.15, 0.2) is 10.6 Å². The van der Waals surface area contributed by atoms with E-state index in [0.29, 0.717) is 17.3 Å². The van der Waals surface area contributed by atoms with Gasteiger partial charge in [0, 0.05) is 12.1 Å². The van der Waals surface area contributed by atoms with Crippen LogP contribution in [0.3, 0.4) is 0 Å². The van der Waals surface area contributed by atoms with Gasteiger partial charge in [-0.1, -0.05) is 13.8 Å². The molecule has 2 aromatic rings. The van der Waals surface area contributed by atoms with E-state index in [9.17, 15) is 0 Å². The van der Waals surface area contributed by atoms with E-state index >= 15 is 0 Å². The highest BCUT2D eigenvalue weighted by Gasteiger charge is 2.10. The van der Waals surface area contributed by atoms with Crippen molar-refractivity contribution in [3.63, 3.8) is 0 Å². The second-order valence-corrected chi connectivity index (χ2v) is 5.20. The summed E-state index contributed by atoms with van der Waals surface area (Å²) in [5, 5.41) is 7.19. The van der Waals surface area contributed by atoms with Crippen LogP contribution in [0.15, 0.2) is 24.3 Å². The molecule has 1 aromatic heterocycles. The molecule has 0 saturated carbocycles. The molecule has 19 heavy (non-hydrogen) atoms. The summed E-state index contributed by atoms with van der Waals surface area (Å²) < 4.78 is 8.14. The Morgan fingerprint density at radius 3 is 2.58 bits per heavy atom. The number of benzene rings is 1. The molecule has 0 saturated heterocycles. The summed E-state index contributed by atoms with van der Waals surface area (Å²) in [6.45, 7) is 7.83. The first kappa shape index (κ1) is 13.8. The molecular formula is C14H19N3OS. The van der Waals surface area contributed by atoms with E-state index in [-0.39, 0.29) is 0 Å². The maximum atomic E-state index is 5.44. The lowest BCUT2D eigenvalue weighted by Crippen LogP contribution is -2.06. The van der Waals surface area contributed by atoms with Gasteiger partial charge in [-0.3, -0.25) is 9.67 Å². The van der Waals surface area contributed by atoms with Crippen LogP contribution in [0.4, 0.5) is 0 Å². The lowest BCUT2D eigenvalue weighted by Gasteiger charge is -2.10. The molecule has 0 aliphatic rings. The van der Waals surface area contributed by atoms with Crippen LogP contribution in [0.2, 0.25) is 0 Å². The van der Waals surface area contributed by atoms with E-state index in [0.717, 1.165) is 23.7 Å². The van der Waals surface area contributed by atoms with Crippen LogP contribution in [0.1, 0.15) is 20.8 Å². The Balaban J connectivity index is 2.33. The quantitative estimate of drug-likeness (QED) is 0.848. The Kier molecular flexibility index (Phi) is 4.37. The number of H-pyrrole nitrogens is 1. The van der Waals surface area contributed by atoms with E-state index in [2.05, 4.69) is 24.0 Å². The predicted molar refractivity (Wildman–Crippen MR) is 78.9 cm³/mol. The molecule has 102 valence electrons. The molecule has 1 aromatic carbocycles. The number of nitrogens with zero attached hydrogens (tertiary/aromatic N) is 2. The Morgan fingerprint density at radius 1 is 1.32 bits per heavy atom. The van der Waals surface area contributed by atoms with Crippen molar-refractivity contribution in [2.24, 2.45) is 5.92 Å². The van der Waals surface area contributed by atoms with Crippen LogP contribution < -0.4 is 4.74 Å². The summed E-state index contributed by atoms with van der Waals surface area (Å²) in [5.74, 6) is 2.27. The summed E-state index contributed by atoms with van der Waals surface area (Å²) in [6, 6.07) is 7.92. The average Bonchev–Trinajstić information content (AvgIpc) is 2.72. The van der Waals surface area contributed by atoms with Crippen LogP contribution in [-0.2, 0) is 6.54 Å². The number of aromatic nitrogens is 3. The number of hydrogen-bond donors (Lipinski definition) is 1. The molecule has 2 rings (SSSR count). The van der Waals surface area contributed by atoms with Gasteiger partial charge in [0.1, 0.15) is 5.75 Å². The molecule has 0 aliphatic heterocycles. The van der Waals surface area contributed by atoms with Crippen molar-refractivity contribution in [3.05, 3.63) is 29.0 Å². The Labute approximate surface area is 118 Å². The predicted octanol–water partition coefficient (Wildman–Crippen LogP) is 3.66. The third kappa shape index (κ3) is 3.23. The molecule has 1 N–H and O–H groups in total. The molecule has 0 atom stereocenters. The molecular weight excluding hydrogens is 258 g/mol. The summed E-state index contributed by atoms with van der Waals surface area (Å²) in [5.41, 5.74) is 1.04. The molecule has 0 radical (unpaired) electrons. The smallest absolute Gasteiger partial charge is 0.195 e. The normalized spacial score (nSPS) is 10.9. The zero-order chi connectivity index (χ0) is 13.8. The third-order valence-corrected chi connectivity index (χ3v) is 3.04. The van der Waals surface area contributed by atoms with Crippen LogP contribution in [-0.4, -0.2) is 21.4 Å². The maximum Gasteiger partial charge on any atom is 0.195 e. The van der Waals surface area contributed by atoms with Gasteiger partial charge in [0.05, 0.1) is 6.61 Å². The van der Waals surface area contributed by atoms with Crippen LogP contribution in [0.5, 0.6) is 5.75 Å². The van der Waals surface area contributed by atoms with Crippen molar-refractivity contribution in [2.75, 3.05) is 6.61 Å². The molecule has 0 fully saturated rings. The first-order chi connectivity index (χ1) is 9.11. The fraction of sp³-hybridized carbons (Fsp3) is 0.429. The molecule has 4 nitrogen and oxygen atoms in total. The van der Waals surface area contributed by atoms with E-state index in [1.165, 1.54) is 0 Å². The fourth-order valence-electron chi connectivity index (χ4n) is 1.94. The highest BCUT2D eigenvalue weighted by atomic mass is 32.1. The first-order valence-corrected chi connectivity index (χ1v) is 6.91. The summed E-state index contributed by atoms with van der Waals surface area (Å²) in [4.78, 5) is 0. The van der Waals surface area contributed by atoms with Gasteiger partial charge in [0.25, 0.3) is 0 Å². The second-order valence-electron chi connectivity index (χ2n) is 4.81. The monoisotopic (exact) mass is 277 g/mol. The highest BCUT2D eigenvalue weighted by Crippen LogP contribution is 2.21. The van der Waals surface area contributed by atoms with Gasteiger partial charge in [-0.15, -0.1) is 0 Å². The van der Waals surface area contributed by atoms with Gasteiger partial charge in [-0.25, -0.2) is 0 Å². The van der Waals surface area contributed by atoms with Crippen LogP contribution >= 0.6 is 12.2 Å². The molecule has 1 heterocycles. The fourth-order valence-corrected chi connectivity index (χ4v) is 2.15. The lowest BCUT2D eigenvalue weighted by atomic mass is 10.2. The van der Waals surface area contributed by atoms with E-state index < -0.39 is 0 Å². The maximum absolute atomic E-state index is 5.44. The minimum Gasteiger partial charge on any atom is -0.494 e. The van der Waals surface area contributed by atoms with Gasteiger partial charge in [-0.2, -0.15) is 5.10 Å². The molecule has 0 unspecified atom stereocenters. The Morgan fingerprint density at radius 2 is 2.00 bits per heavy atom. The SMILES string of the molecule is CCOc1ccc(-c2n[nH]c(=S)n2CC(C)C)cc1. The van der Waals surface area contributed by atoms with Crippen molar-refractivity contribution in [3.8, 4) is 17.1 Å². The van der Waals surface area contributed by atoms with E-state index in [4.69, 9.17) is 17.0 Å². The topological polar surface area (TPSA) is 42.8 Å². The summed E-state index contributed by atoms with van der Waals surface area (Å²) in [6.07, 6.45) is 0. The number of nitrogens with one attached hydrogen (secondary N) is 1. The van der Waals surface area contributed by atoms with E-state index in [1.54, 1.807) is 0 Å². The number of aromatic amines is 1. The first-order valence-electron chi connectivity index (χ1n) is 6.50. The van der Waals surface area contributed by atoms with Gasteiger partial charge in [0.2, 0.25) is 0 Å². The third-order valence-electron chi connectivity index (χ3n) is 2.73. The van der Waals surface area contributed by atoms with Crippen molar-refractivity contribution in [1.82, 2.24) is 14.8 Å². The van der Waals surface area contributed by atoms with Gasteiger partial charge < -0.3 is 4.74 Å². The highest BCUT2D eigenvalue weighted by molar-refractivity contribution is 7.71. The minimum atomic E-state index is 0.519. The van der Waals surface area contributed by atoms with Crippen molar-refractivity contribution < 1.29 is 4.74 Å². The number of ether oxygens (including phenoxy) is 1.